The number of ether oxygens (including phenoxy) is 1. The fourth-order valence-electron chi connectivity index (χ4n) is 1.46. The molecule has 0 aliphatic heterocycles. The topological polar surface area (TPSA) is 45.9 Å². The predicted octanol–water partition coefficient (Wildman–Crippen LogP) is 3.09. The minimum atomic E-state index is -1.61. The summed E-state index contributed by atoms with van der Waals surface area (Å²) in [6.45, 7) is -0.367. The van der Waals surface area contributed by atoms with Crippen molar-refractivity contribution in [3.8, 4) is 11.8 Å². The molecule has 0 fully saturated rings. The van der Waals surface area contributed by atoms with Gasteiger partial charge in [-0.2, -0.15) is 14.0 Å². The van der Waals surface area contributed by atoms with Gasteiger partial charge in [0.15, 0.2) is 17.4 Å². The Balaban J connectivity index is 2.25. The zero-order valence-electron chi connectivity index (χ0n) is 9.83. The first-order valence-electron chi connectivity index (χ1n) is 5.33. The lowest BCUT2D eigenvalue weighted by atomic mass is 10.2. The van der Waals surface area contributed by atoms with E-state index in [2.05, 4.69) is 4.98 Å². The van der Waals surface area contributed by atoms with Gasteiger partial charge in [-0.05, 0) is 17.7 Å². The molecule has 7 heteroatoms. The lowest BCUT2D eigenvalue weighted by Crippen LogP contribution is -2.04. The number of nitrogens with zero attached hydrogens (tertiary/aromatic N) is 2. The molecule has 1 aromatic carbocycles. The van der Waals surface area contributed by atoms with Crippen LogP contribution in [-0.4, -0.2) is 4.98 Å². The van der Waals surface area contributed by atoms with Gasteiger partial charge in [0.1, 0.15) is 18.4 Å². The highest BCUT2D eigenvalue weighted by atomic mass is 19.2. The van der Waals surface area contributed by atoms with E-state index in [9.17, 15) is 17.6 Å². The van der Waals surface area contributed by atoms with Gasteiger partial charge in [-0.25, -0.2) is 13.8 Å². The van der Waals surface area contributed by atoms with Crippen LogP contribution in [0.3, 0.4) is 0 Å². The molecule has 0 radical (unpaired) electrons. The molecule has 102 valence electrons. The number of benzene rings is 1. The van der Waals surface area contributed by atoms with Gasteiger partial charge >= 0.3 is 0 Å². The van der Waals surface area contributed by atoms with Gasteiger partial charge in [-0.3, -0.25) is 0 Å². The van der Waals surface area contributed by atoms with Crippen molar-refractivity contribution in [3.05, 3.63) is 58.9 Å². The third-order valence-corrected chi connectivity index (χ3v) is 2.39. The minimum Gasteiger partial charge on any atom is -0.483 e. The quantitative estimate of drug-likeness (QED) is 0.642. The first-order valence-corrected chi connectivity index (χ1v) is 5.33. The molecule has 0 aliphatic rings. The Kier molecular flexibility index (Phi) is 3.84. The highest BCUT2D eigenvalue weighted by Gasteiger charge is 2.20. The van der Waals surface area contributed by atoms with Crippen LogP contribution in [0.2, 0.25) is 0 Å². The molecule has 0 spiro atoms. The number of rotatable bonds is 3. The second-order valence-electron chi connectivity index (χ2n) is 3.75. The Morgan fingerprint density at radius 2 is 1.75 bits per heavy atom. The van der Waals surface area contributed by atoms with Crippen molar-refractivity contribution in [2.24, 2.45) is 0 Å². The zero-order valence-corrected chi connectivity index (χ0v) is 9.83. The highest BCUT2D eigenvalue weighted by molar-refractivity contribution is 5.30. The van der Waals surface area contributed by atoms with E-state index in [4.69, 9.17) is 10.00 Å². The van der Waals surface area contributed by atoms with Crippen molar-refractivity contribution in [3.63, 3.8) is 0 Å². The number of hydrogen-bond donors (Lipinski definition) is 0. The molecule has 2 aromatic rings. The van der Waals surface area contributed by atoms with E-state index in [0.29, 0.717) is 5.56 Å². The fourth-order valence-corrected chi connectivity index (χ4v) is 1.46. The molecule has 2 rings (SSSR count). The van der Waals surface area contributed by atoms with Crippen LogP contribution in [0, 0.1) is 34.6 Å². The van der Waals surface area contributed by atoms with Gasteiger partial charge in [-0.15, -0.1) is 0 Å². The average molecular weight is 282 g/mol. The monoisotopic (exact) mass is 282 g/mol. The van der Waals surface area contributed by atoms with Gasteiger partial charge in [0, 0.05) is 12.3 Å². The van der Waals surface area contributed by atoms with Crippen LogP contribution in [0.4, 0.5) is 17.6 Å². The van der Waals surface area contributed by atoms with Crippen molar-refractivity contribution < 1.29 is 22.3 Å². The fraction of sp³-hybridized carbons (Fsp3) is 0.0769. The van der Waals surface area contributed by atoms with Crippen LogP contribution in [0.1, 0.15) is 11.3 Å². The molecule has 0 saturated heterocycles. The molecule has 1 heterocycles. The molecule has 0 saturated carbocycles. The van der Waals surface area contributed by atoms with Crippen molar-refractivity contribution in [1.82, 2.24) is 4.98 Å². The van der Waals surface area contributed by atoms with Gasteiger partial charge in [0.05, 0.1) is 0 Å². The van der Waals surface area contributed by atoms with Gasteiger partial charge in [-0.1, -0.05) is 0 Å². The summed E-state index contributed by atoms with van der Waals surface area (Å²) in [6.07, 6.45) is 1.30. The van der Waals surface area contributed by atoms with Crippen LogP contribution >= 0.6 is 0 Å². The van der Waals surface area contributed by atoms with E-state index < -0.39 is 29.0 Å². The summed E-state index contributed by atoms with van der Waals surface area (Å²) in [4.78, 5) is 3.69. The summed E-state index contributed by atoms with van der Waals surface area (Å²) in [7, 11) is 0. The van der Waals surface area contributed by atoms with E-state index in [-0.39, 0.29) is 18.4 Å². The van der Waals surface area contributed by atoms with Crippen LogP contribution in [-0.2, 0) is 6.61 Å². The normalized spacial score (nSPS) is 10.2. The molecule has 0 unspecified atom stereocenters. The SMILES string of the molecule is N#Cc1cc(COc2c(F)c(F)cc(F)c2F)ccn1. The standard InChI is InChI=1S/C13H6F4N2O/c14-9-4-10(15)12(17)13(11(9)16)20-6-7-1-2-19-8(3-7)5-18/h1-4H,6H2. The molecular weight excluding hydrogens is 276 g/mol. The summed E-state index contributed by atoms with van der Waals surface area (Å²) in [5, 5.41) is 8.64. The lowest BCUT2D eigenvalue weighted by Gasteiger charge is -2.09. The highest BCUT2D eigenvalue weighted by Crippen LogP contribution is 2.27. The number of hydrogen-bond acceptors (Lipinski definition) is 3. The Hall–Kier alpha value is -2.62. The maximum Gasteiger partial charge on any atom is 0.203 e. The lowest BCUT2D eigenvalue weighted by molar-refractivity contribution is 0.261. The van der Waals surface area contributed by atoms with E-state index in [1.807, 2.05) is 0 Å². The number of halogens is 4. The third kappa shape index (κ3) is 2.69. The Labute approximate surface area is 111 Å². The molecular formula is C13H6F4N2O. The number of aromatic nitrogens is 1. The Bertz CT molecular complexity index is 671. The molecule has 20 heavy (non-hydrogen) atoms. The van der Waals surface area contributed by atoms with Crippen LogP contribution in [0.15, 0.2) is 24.4 Å². The predicted molar refractivity (Wildman–Crippen MR) is 59.6 cm³/mol. The molecule has 1 aromatic heterocycles. The van der Waals surface area contributed by atoms with Crippen LogP contribution < -0.4 is 4.74 Å². The van der Waals surface area contributed by atoms with Crippen molar-refractivity contribution in [2.45, 2.75) is 6.61 Å². The first kappa shape index (κ1) is 13.8. The van der Waals surface area contributed by atoms with Gasteiger partial charge < -0.3 is 4.74 Å². The molecule has 0 amide bonds. The second-order valence-corrected chi connectivity index (χ2v) is 3.75. The van der Waals surface area contributed by atoms with Gasteiger partial charge in [0.2, 0.25) is 11.6 Å². The third-order valence-electron chi connectivity index (χ3n) is 2.39. The minimum absolute atomic E-state index is 0.0810. The molecule has 0 N–H and O–H groups in total. The largest absolute Gasteiger partial charge is 0.483 e. The Morgan fingerprint density at radius 3 is 2.35 bits per heavy atom. The molecule has 0 atom stereocenters. The molecule has 3 nitrogen and oxygen atoms in total. The van der Waals surface area contributed by atoms with Crippen molar-refractivity contribution in [2.75, 3.05) is 0 Å². The number of pyridine rings is 1. The summed E-state index contributed by atoms with van der Waals surface area (Å²) >= 11 is 0. The van der Waals surface area contributed by atoms with E-state index in [0.717, 1.165) is 0 Å². The zero-order chi connectivity index (χ0) is 14.7. The summed E-state index contributed by atoms with van der Waals surface area (Å²) < 4.78 is 57.3. The van der Waals surface area contributed by atoms with E-state index >= 15 is 0 Å². The first-order chi connectivity index (χ1) is 9.52. The van der Waals surface area contributed by atoms with Crippen molar-refractivity contribution >= 4 is 0 Å². The number of nitriles is 1. The Morgan fingerprint density at radius 1 is 1.10 bits per heavy atom. The molecule has 0 aliphatic carbocycles. The van der Waals surface area contributed by atoms with Crippen molar-refractivity contribution in [1.29, 1.82) is 5.26 Å². The van der Waals surface area contributed by atoms with E-state index in [1.54, 1.807) is 6.07 Å². The van der Waals surface area contributed by atoms with Crippen LogP contribution in [0.25, 0.3) is 0 Å². The summed E-state index contributed by atoms with van der Waals surface area (Å²) in [6, 6.07) is 4.63. The van der Waals surface area contributed by atoms with Gasteiger partial charge in [0.25, 0.3) is 0 Å². The summed E-state index contributed by atoms with van der Waals surface area (Å²) in [5.41, 5.74) is 0.456. The second kappa shape index (κ2) is 5.57. The van der Waals surface area contributed by atoms with Crippen LogP contribution in [0.5, 0.6) is 5.75 Å². The molecule has 0 bridgehead atoms. The maximum atomic E-state index is 13.3. The maximum absolute atomic E-state index is 13.3. The average Bonchev–Trinajstić information content (AvgIpc) is 2.45. The van der Waals surface area contributed by atoms with E-state index in [1.165, 1.54) is 18.3 Å². The smallest absolute Gasteiger partial charge is 0.203 e. The summed E-state index contributed by atoms with van der Waals surface area (Å²) in [5.74, 6) is -7.47.